The molecule has 1 aliphatic heterocycles. The van der Waals surface area contributed by atoms with Gasteiger partial charge in [0.2, 0.25) is 0 Å². The third-order valence-electron chi connectivity index (χ3n) is 3.14. The molecule has 2 rings (SSSR count). The highest BCUT2D eigenvalue weighted by Gasteiger charge is 2.42. The molecule has 1 heterocycles. The quantitative estimate of drug-likeness (QED) is 0.861. The summed E-state index contributed by atoms with van der Waals surface area (Å²) in [6, 6.07) is 9.69. The Labute approximate surface area is 115 Å². The van der Waals surface area contributed by atoms with Crippen molar-refractivity contribution in [2.75, 3.05) is 11.5 Å². The van der Waals surface area contributed by atoms with Gasteiger partial charge in [0.1, 0.15) is 9.84 Å². The molecule has 0 bridgehead atoms. The Hall–Kier alpha value is -0.740. The Morgan fingerprint density at radius 1 is 1.50 bits per heavy atom. The van der Waals surface area contributed by atoms with E-state index in [1.807, 2.05) is 37.3 Å². The molecule has 0 saturated carbocycles. The van der Waals surface area contributed by atoms with Crippen LogP contribution in [0.15, 0.2) is 36.1 Å². The molecule has 2 nitrogen and oxygen atoms in total. The summed E-state index contributed by atoms with van der Waals surface area (Å²) in [5, 5.41) is 10.4. The van der Waals surface area contributed by atoms with Crippen LogP contribution in [0.1, 0.15) is 25.3 Å². The van der Waals surface area contributed by atoms with Crippen LogP contribution >= 0.6 is 11.8 Å². The van der Waals surface area contributed by atoms with E-state index < -0.39 is 14.9 Å². The van der Waals surface area contributed by atoms with Crippen molar-refractivity contribution in [3.05, 3.63) is 41.7 Å². The maximum absolute atomic E-state index is 12.3. The molecule has 1 aromatic rings. The molecule has 0 spiro atoms. The van der Waals surface area contributed by atoms with E-state index >= 15 is 0 Å². The van der Waals surface area contributed by atoms with Crippen LogP contribution in [0.2, 0.25) is 0 Å². The Balaban J connectivity index is 2.32. The number of benzene rings is 1. The van der Waals surface area contributed by atoms with E-state index in [-0.39, 0.29) is 5.76 Å². The minimum Gasteiger partial charge on any atom is -0.510 e. The molecular weight excluding hydrogens is 264 g/mol. The van der Waals surface area contributed by atoms with E-state index in [4.69, 9.17) is 0 Å². The summed E-state index contributed by atoms with van der Waals surface area (Å²) in [7, 11) is -0.996. The molecule has 1 saturated heterocycles. The number of thioether (sulfide) groups is 1. The number of hydrogen-bond donors (Lipinski definition) is 1. The zero-order valence-corrected chi connectivity index (χ0v) is 12.1. The molecule has 4 heteroatoms. The minimum absolute atomic E-state index is 0.249. The van der Waals surface area contributed by atoms with Gasteiger partial charge in [0.05, 0.1) is 0 Å². The van der Waals surface area contributed by atoms with E-state index in [9.17, 15) is 9.32 Å². The zero-order chi connectivity index (χ0) is 13.0. The lowest BCUT2D eigenvalue weighted by molar-refractivity contribution is 0.384. The third kappa shape index (κ3) is 2.64. The predicted octanol–water partition coefficient (Wildman–Crippen LogP) is 3.58. The maximum Gasteiger partial charge on any atom is 0.147 e. The van der Waals surface area contributed by atoms with E-state index in [2.05, 4.69) is 0 Å². The van der Waals surface area contributed by atoms with Gasteiger partial charge in [-0.2, -0.15) is 0 Å². The molecule has 98 valence electrons. The van der Waals surface area contributed by atoms with Crippen molar-refractivity contribution < 1.29 is 9.32 Å². The van der Waals surface area contributed by atoms with Crippen LogP contribution in [0.25, 0.3) is 6.08 Å². The first-order chi connectivity index (χ1) is 8.69. The molecule has 2 atom stereocenters. The lowest BCUT2D eigenvalue weighted by Crippen LogP contribution is -2.37. The number of rotatable bonds is 3. The summed E-state index contributed by atoms with van der Waals surface area (Å²) in [5.74, 6) is 1.90. The van der Waals surface area contributed by atoms with E-state index in [0.717, 1.165) is 17.7 Å². The summed E-state index contributed by atoms with van der Waals surface area (Å²) in [6.45, 7) is 1.99. The Bertz CT molecular complexity index is 456. The van der Waals surface area contributed by atoms with Gasteiger partial charge in [0.25, 0.3) is 0 Å². The van der Waals surface area contributed by atoms with Gasteiger partial charge in [-0.3, -0.25) is 4.21 Å². The van der Waals surface area contributed by atoms with Crippen LogP contribution in [-0.2, 0) is 10.8 Å². The molecule has 0 amide bonds. The van der Waals surface area contributed by atoms with Crippen LogP contribution in [-0.4, -0.2) is 24.9 Å². The summed E-state index contributed by atoms with van der Waals surface area (Å²) < 4.78 is 11.7. The molecule has 18 heavy (non-hydrogen) atoms. The van der Waals surface area contributed by atoms with Crippen molar-refractivity contribution >= 4 is 28.6 Å². The fourth-order valence-electron chi connectivity index (χ4n) is 2.11. The maximum atomic E-state index is 12.3. The normalized spacial score (nSPS) is 29.2. The Kier molecular flexibility index (Phi) is 4.51. The van der Waals surface area contributed by atoms with E-state index in [0.29, 0.717) is 12.2 Å². The van der Waals surface area contributed by atoms with Crippen molar-refractivity contribution in [3.8, 4) is 0 Å². The third-order valence-corrected chi connectivity index (χ3v) is 7.40. The standard InChI is InChI=1S/C14H18O2S2/c1-2-14(17-9-6-10-18(14)16)13(15)11-12-7-4-3-5-8-12/h3-5,7-8,11,15H,2,6,9-10H2,1H3/b13-11-/t14-,18-/m1/s1. The highest BCUT2D eigenvalue weighted by atomic mass is 32.2. The summed E-state index contributed by atoms with van der Waals surface area (Å²) in [5.41, 5.74) is 0.950. The highest BCUT2D eigenvalue weighted by molar-refractivity contribution is 8.13. The van der Waals surface area contributed by atoms with Crippen molar-refractivity contribution in [2.45, 2.75) is 23.8 Å². The van der Waals surface area contributed by atoms with Gasteiger partial charge in [0, 0.05) is 16.6 Å². The summed E-state index contributed by atoms with van der Waals surface area (Å²) in [6.07, 6.45) is 3.41. The highest BCUT2D eigenvalue weighted by Crippen LogP contribution is 2.42. The SMILES string of the molecule is CC[C@@]1(/C(O)=C/c2ccccc2)SCCC[S@]1=O. The van der Waals surface area contributed by atoms with Gasteiger partial charge in [-0.1, -0.05) is 37.3 Å². The zero-order valence-electron chi connectivity index (χ0n) is 10.5. The fourth-order valence-corrected chi connectivity index (χ4v) is 5.70. The molecule has 1 aromatic carbocycles. The van der Waals surface area contributed by atoms with Crippen molar-refractivity contribution in [3.63, 3.8) is 0 Å². The molecular formula is C14H18O2S2. The van der Waals surface area contributed by atoms with Crippen molar-refractivity contribution in [1.82, 2.24) is 0 Å². The van der Waals surface area contributed by atoms with Gasteiger partial charge in [-0.05, 0) is 30.2 Å². The largest absolute Gasteiger partial charge is 0.510 e. The smallest absolute Gasteiger partial charge is 0.147 e. The number of aliphatic hydroxyl groups is 1. The van der Waals surface area contributed by atoms with Crippen LogP contribution in [0, 0.1) is 0 Å². The van der Waals surface area contributed by atoms with Crippen LogP contribution in [0.3, 0.4) is 0 Å². The lowest BCUT2D eigenvalue weighted by atomic mass is 10.1. The Morgan fingerprint density at radius 3 is 2.83 bits per heavy atom. The second-order valence-corrected chi connectivity index (χ2v) is 7.75. The molecule has 0 unspecified atom stereocenters. The predicted molar refractivity (Wildman–Crippen MR) is 80.2 cm³/mol. The molecule has 1 aliphatic rings. The van der Waals surface area contributed by atoms with Crippen molar-refractivity contribution in [1.29, 1.82) is 0 Å². The molecule has 0 aliphatic carbocycles. The number of hydrogen-bond acceptors (Lipinski definition) is 3. The molecule has 0 radical (unpaired) electrons. The van der Waals surface area contributed by atoms with Gasteiger partial charge in [0.15, 0.2) is 0 Å². The molecule has 1 fully saturated rings. The Morgan fingerprint density at radius 2 is 2.22 bits per heavy atom. The second-order valence-electron chi connectivity index (χ2n) is 4.30. The van der Waals surface area contributed by atoms with Gasteiger partial charge >= 0.3 is 0 Å². The first-order valence-electron chi connectivity index (χ1n) is 6.17. The first kappa shape index (κ1) is 13.7. The van der Waals surface area contributed by atoms with Gasteiger partial charge < -0.3 is 5.11 Å². The van der Waals surface area contributed by atoms with E-state index in [1.54, 1.807) is 17.8 Å². The monoisotopic (exact) mass is 282 g/mol. The topological polar surface area (TPSA) is 37.3 Å². The van der Waals surface area contributed by atoms with E-state index in [1.165, 1.54) is 0 Å². The van der Waals surface area contributed by atoms with Crippen LogP contribution in [0.5, 0.6) is 0 Å². The van der Waals surface area contributed by atoms with Crippen LogP contribution < -0.4 is 0 Å². The second kappa shape index (κ2) is 5.93. The van der Waals surface area contributed by atoms with Gasteiger partial charge in [-0.25, -0.2) is 0 Å². The average Bonchev–Trinajstić information content (AvgIpc) is 2.40. The summed E-state index contributed by atoms with van der Waals surface area (Å²) >= 11 is 1.63. The fraction of sp³-hybridized carbons (Fsp3) is 0.429. The number of aliphatic hydroxyl groups excluding tert-OH is 1. The van der Waals surface area contributed by atoms with Crippen molar-refractivity contribution in [2.24, 2.45) is 0 Å². The minimum atomic E-state index is -0.996. The first-order valence-corrected chi connectivity index (χ1v) is 8.48. The average molecular weight is 282 g/mol. The van der Waals surface area contributed by atoms with Crippen LogP contribution in [0.4, 0.5) is 0 Å². The molecule has 0 aromatic heterocycles. The lowest BCUT2D eigenvalue weighted by Gasteiger charge is -2.34. The molecule has 1 N–H and O–H groups in total. The van der Waals surface area contributed by atoms with Gasteiger partial charge in [-0.15, -0.1) is 11.8 Å². The summed E-state index contributed by atoms with van der Waals surface area (Å²) in [4.78, 5) is 0.